The molecule has 0 saturated heterocycles. The third-order valence-corrected chi connectivity index (χ3v) is 4.83. The van der Waals surface area contributed by atoms with E-state index in [0.29, 0.717) is 28.3 Å². The average Bonchev–Trinajstić information content (AvgIpc) is 3.16. The maximum Gasteiger partial charge on any atom is 0.257 e. The largest absolute Gasteiger partial charge is 0.454 e. The average molecular weight is 367 g/mol. The quantitative estimate of drug-likeness (QED) is 0.867. The maximum atomic E-state index is 12.5. The van der Waals surface area contributed by atoms with E-state index in [0.717, 1.165) is 25.7 Å². The van der Waals surface area contributed by atoms with E-state index in [-0.39, 0.29) is 24.6 Å². The Kier molecular flexibility index (Phi) is 4.91. The molecule has 1 aromatic carbocycles. The van der Waals surface area contributed by atoms with Crippen LogP contribution in [0.1, 0.15) is 52.8 Å². The van der Waals surface area contributed by atoms with E-state index < -0.39 is 0 Å². The SMILES string of the molecule is O=C(Nc1ccc2c(c1)OCO2)c1cncc(C(=O)NC2CCCCC2)c1. The molecule has 0 unspecified atom stereocenters. The van der Waals surface area contributed by atoms with E-state index >= 15 is 0 Å². The first-order valence-corrected chi connectivity index (χ1v) is 9.16. The first kappa shape index (κ1) is 17.3. The number of pyridine rings is 1. The van der Waals surface area contributed by atoms with Gasteiger partial charge in [0.1, 0.15) is 0 Å². The highest BCUT2D eigenvalue weighted by atomic mass is 16.7. The molecular formula is C20H21N3O4. The van der Waals surface area contributed by atoms with Crippen molar-refractivity contribution in [1.82, 2.24) is 10.3 Å². The molecule has 2 aromatic rings. The molecule has 0 spiro atoms. The van der Waals surface area contributed by atoms with Crippen LogP contribution in [0.5, 0.6) is 11.5 Å². The third kappa shape index (κ3) is 4.02. The summed E-state index contributed by atoms with van der Waals surface area (Å²) in [6, 6.07) is 6.95. The van der Waals surface area contributed by atoms with Crippen molar-refractivity contribution >= 4 is 17.5 Å². The van der Waals surface area contributed by atoms with Gasteiger partial charge >= 0.3 is 0 Å². The molecule has 2 N–H and O–H groups in total. The summed E-state index contributed by atoms with van der Waals surface area (Å²) in [6.45, 7) is 0.175. The van der Waals surface area contributed by atoms with Crippen molar-refractivity contribution in [2.45, 2.75) is 38.1 Å². The summed E-state index contributed by atoms with van der Waals surface area (Å²) in [7, 11) is 0. The van der Waals surface area contributed by atoms with Crippen LogP contribution in [-0.4, -0.2) is 29.6 Å². The van der Waals surface area contributed by atoms with Gasteiger partial charge in [-0.15, -0.1) is 0 Å². The van der Waals surface area contributed by atoms with Gasteiger partial charge in [-0.1, -0.05) is 19.3 Å². The van der Waals surface area contributed by atoms with Crippen molar-refractivity contribution in [3.05, 3.63) is 47.8 Å². The van der Waals surface area contributed by atoms with Gasteiger partial charge in [-0.3, -0.25) is 14.6 Å². The molecule has 2 heterocycles. The van der Waals surface area contributed by atoms with E-state index in [1.807, 2.05) is 0 Å². The second kappa shape index (κ2) is 7.65. The van der Waals surface area contributed by atoms with E-state index in [2.05, 4.69) is 15.6 Å². The molecule has 2 aliphatic rings. The van der Waals surface area contributed by atoms with Gasteiger partial charge in [0.15, 0.2) is 11.5 Å². The van der Waals surface area contributed by atoms with Crippen molar-refractivity contribution in [2.24, 2.45) is 0 Å². The second-order valence-electron chi connectivity index (χ2n) is 6.79. The van der Waals surface area contributed by atoms with Crippen molar-refractivity contribution in [3.8, 4) is 11.5 Å². The summed E-state index contributed by atoms with van der Waals surface area (Å²) in [4.78, 5) is 29.0. The van der Waals surface area contributed by atoms with E-state index in [1.165, 1.54) is 18.8 Å². The lowest BCUT2D eigenvalue weighted by Gasteiger charge is -2.22. The standard InChI is InChI=1S/C20H21N3O4/c24-19(22-15-4-2-1-3-5-15)13-8-14(11-21-10-13)20(25)23-16-6-7-17-18(9-16)27-12-26-17/h6-11,15H,1-5,12H2,(H,22,24)(H,23,25). The first-order valence-electron chi connectivity index (χ1n) is 9.16. The number of ether oxygens (including phenoxy) is 2. The topological polar surface area (TPSA) is 89.6 Å². The minimum Gasteiger partial charge on any atom is -0.454 e. The van der Waals surface area contributed by atoms with Crippen LogP contribution >= 0.6 is 0 Å². The summed E-state index contributed by atoms with van der Waals surface area (Å²) in [5.41, 5.74) is 1.30. The molecule has 0 radical (unpaired) electrons. The molecule has 7 nitrogen and oxygen atoms in total. The van der Waals surface area contributed by atoms with Gasteiger partial charge < -0.3 is 20.1 Å². The van der Waals surface area contributed by atoms with Crippen molar-refractivity contribution in [3.63, 3.8) is 0 Å². The summed E-state index contributed by atoms with van der Waals surface area (Å²) >= 11 is 0. The molecule has 1 aliphatic heterocycles. The van der Waals surface area contributed by atoms with Crippen LogP contribution in [0.4, 0.5) is 5.69 Å². The minimum atomic E-state index is -0.339. The van der Waals surface area contributed by atoms with Gasteiger partial charge in [0, 0.05) is 30.2 Å². The van der Waals surface area contributed by atoms with Gasteiger partial charge in [-0.05, 0) is 31.0 Å². The van der Waals surface area contributed by atoms with Crippen LogP contribution in [0.2, 0.25) is 0 Å². The van der Waals surface area contributed by atoms with Crippen LogP contribution in [0.15, 0.2) is 36.7 Å². The number of amides is 2. The zero-order chi connectivity index (χ0) is 18.6. The van der Waals surface area contributed by atoms with Gasteiger partial charge in [0.2, 0.25) is 6.79 Å². The Bertz CT molecular complexity index is 862. The first-order chi connectivity index (χ1) is 13.2. The maximum absolute atomic E-state index is 12.5. The molecule has 0 atom stereocenters. The summed E-state index contributed by atoms with van der Waals surface area (Å²) in [5, 5.41) is 5.83. The molecule has 2 amide bonds. The summed E-state index contributed by atoms with van der Waals surface area (Å²) in [6.07, 6.45) is 8.44. The number of aromatic nitrogens is 1. The normalized spacial score (nSPS) is 16.0. The zero-order valence-corrected chi connectivity index (χ0v) is 14.9. The van der Waals surface area contributed by atoms with Crippen LogP contribution in [0.25, 0.3) is 0 Å². The lowest BCUT2D eigenvalue weighted by atomic mass is 9.95. The molecule has 1 aromatic heterocycles. The number of benzene rings is 1. The van der Waals surface area contributed by atoms with Crippen molar-refractivity contribution in [1.29, 1.82) is 0 Å². The molecule has 7 heteroatoms. The van der Waals surface area contributed by atoms with Gasteiger partial charge in [-0.25, -0.2) is 0 Å². The Labute approximate surface area is 157 Å². The molecule has 0 bridgehead atoms. The van der Waals surface area contributed by atoms with E-state index in [9.17, 15) is 9.59 Å². The van der Waals surface area contributed by atoms with Gasteiger partial charge in [0.05, 0.1) is 11.1 Å². The Morgan fingerprint density at radius 2 is 1.67 bits per heavy atom. The highest BCUT2D eigenvalue weighted by Gasteiger charge is 2.19. The number of anilines is 1. The van der Waals surface area contributed by atoms with E-state index in [1.54, 1.807) is 24.3 Å². The number of nitrogens with zero attached hydrogens (tertiary/aromatic N) is 1. The van der Waals surface area contributed by atoms with Crippen molar-refractivity contribution < 1.29 is 19.1 Å². The minimum absolute atomic E-state index is 0.175. The molecular weight excluding hydrogens is 346 g/mol. The highest BCUT2D eigenvalue weighted by Crippen LogP contribution is 2.34. The number of hydrogen-bond acceptors (Lipinski definition) is 5. The smallest absolute Gasteiger partial charge is 0.257 e. The molecule has 1 aliphatic carbocycles. The fourth-order valence-corrected chi connectivity index (χ4v) is 3.38. The summed E-state index contributed by atoms with van der Waals surface area (Å²) in [5.74, 6) is 0.711. The predicted octanol–water partition coefficient (Wildman–Crippen LogP) is 3.13. The lowest BCUT2D eigenvalue weighted by Crippen LogP contribution is -2.36. The van der Waals surface area contributed by atoms with E-state index in [4.69, 9.17) is 9.47 Å². The number of rotatable bonds is 4. The lowest BCUT2D eigenvalue weighted by molar-refractivity contribution is 0.0927. The third-order valence-electron chi connectivity index (χ3n) is 4.83. The second-order valence-corrected chi connectivity index (χ2v) is 6.79. The summed E-state index contributed by atoms with van der Waals surface area (Å²) < 4.78 is 10.6. The predicted molar refractivity (Wildman–Crippen MR) is 99.1 cm³/mol. The Hall–Kier alpha value is -3.09. The highest BCUT2D eigenvalue weighted by molar-refractivity contribution is 6.06. The fraction of sp³-hybridized carbons (Fsp3) is 0.350. The number of carbonyl (C=O) groups is 2. The Morgan fingerprint density at radius 3 is 2.48 bits per heavy atom. The van der Waals surface area contributed by atoms with Gasteiger partial charge in [0.25, 0.3) is 11.8 Å². The zero-order valence-electron chi connectivity index (χ0n) is 14.9. The number of hydrogen-bond donors (Lipinski definition) is 2. The molecule has 4 rings (SSSR count). The van der Waals surface area contributed by atoms with Crippen LogP contribution in [0.3, 0.4) is 0 Å². The number of nitrogens with one attached hydrogen (secondary N) is 2. The van der Waals surface area contributed by atoms with Crippen LogP contribution in [0, 0.1) is 0 Å². The molecule has 27 heavy (non-hydrogen) atoms. The monoisotopic (exact) mass is 367 g/mol. The van der Waals surface area contributed by atoms with Crippen LogP contribution < -0.4 is 20.1 Å². The number of carbonyl (C=O) groups excluding carboxylic acids is 2. The fourth-order valence-electron chi connectivity index (χ4n) is 3.38. The van der Waals surface area contributed by atoms with Gasteiger partial charge in [-0.2, -0.15) is 0 Å². The number of fused-ring (bicyclic) bond motifs is 1. The molecule has 1 fully saturated rings. The Balaban J connectivity index is 1.43. The molecule has 1 saturated carbocycles. The molecule has 140 valence electrons. The van der Waals surface area contributed by atoms with Crippen LogP contribution in [-0.2, 0) is 0 Å². The van der Waals surface area contributed by atoms with Crippen molar-refractivity contribution in [2.75, 3.05) is 12.1 Å². The Morgan fingerprint density at radius 1 is 0.926 bits per heavy atom.